The van der Waals surface area contributed by atoms with Gasteiger partial charge in [0.2, 0.25) is 0 Å². The summed E-state index contributed by atoms with van der Waals surface area (Å²) in [4.78, 5) is 12.4. The molecule has 34 heavy (non-hydrogen) atoms. The summed E-state index contributed by atoms with van der Waals surface area (Å²) in [6.07, 6.45) is 0. The van der Waals surface area contributed by atoms with Crippen molar-refractivity contribution in [3.05, 3.63) is 59.7 Å². The molecule has 0 aliphatic heterocycles. The van der Waals surface area contributed by atoms with Gasteiger partial charge < -0.3 is 22.8 Å². The van der Waals surface area contributed by atoms with E-state index in [0.717, 1.165) is 11.6 Å². The standard InChI is InChI=1S/C25H40O6Si3/c1-20(19-34(8,30-32(2,3)4)31-33(5,6)7)17-28-22-14-15-23(24(26)16-22)25(27)29-18-21-12-10-9-11-13-21/h9-16,20,26H,17-19H2,1-8H3. The van der Waals surface area contributed by atoms with E-state index in [2.05, 4.69) is 52.8 Å². The molecule has 0 amide bonds. The van der Waals surface area contributed by atoms with Gasteiger partial charge in [-0.05, 0) is 75.5 Å². The quantitative estimate of drug-likeness (QED) is 0.253. The van der Waals surface area contributed by atoms with E-state index in [9.17, 15) is 9.90 Å². The maximum atomic E-state index is 12.4. The Morgan fingerprint density at radius 1 is 0.912 bits per heavy atom. The average Bonchev–Trinajstić information content (AvgIpc) is 2.68. The molecule has 2 rings (SSSR count). The molecule has 1 N–H and O–H groups in total. The predicted octanol–water partition coefficient (Wildman–Crippen LogP) is 6.54. The molecule has 0 spiro atoms. The van der Waals surface area contributed by atoms with Crippen LogP contribution in [0.25, 0.3) is 0 Å². The van der Waals surface area contributed by atoms with Crippen LogP contribution >= 0.6 is 0 Å². The second-order valence-electron chi connectivity index (χ2n) is 10.9. The summed E-state index contributed by atoms with van der Waals surface area (Å²) in [7, 11) is -5.88. The van der Waals surface area contributed by atoms with Gasteiger partial charge in [-0.15, -0.1) is 0 Å². The number of aromatic hydroxyl groups is 1. The van der Waals surface area contributed by atoms with E-state index in [1.807, 2.05) is 30.3 Å². The Bertz CT molecular complexity index is 922. The molecule has 0 saturated heterocycles. The van der Waals surface area contributed by atoms with Crippen molar-refractivity contribution in [1.82, 2.24) is 0 Å². The van der Waals surface area contributed by atoms with Crippen LogP contribution in [0, 0.1) is 5.92 Å². The van der Waals surface area contributed by atoms with Crippen molar-refractivity contribution in [2.24, 2.45) is 5.92 Å². The minimum atomic E-state index is -2.36. The number of rotatable bonds is 12. The molecule has 0 fully saturated rings. The van der Waals surface area contributed by atoms with Gasteiger partial charge in [-0.1, -0.05) is 37.3 Å². The van der Waals surface area contributed by atoms with Gasteiger partial charge in [-0.25, -0.2) is 4.79 Å². The summed E-state index contributed by atoms with van der Waals surface area (Å²) in [5.74, 6) is -0.0202. The fourth-order valence-corrected chi connectivity index (χ4v) is 16.9. The summed E-state index contributed by atoms with van der Waals surface area (Å²) in [5.41, 5.74) is 0.999. The van der Waals surface area contributed by atoms with Gasteiger partial charge in [0.25, 0.3) is 0 Å². The van der Waals surface area contributed by atoms with Crippen molar-refractivity contribution in [2.45, 2.75) is 65.4 Å². The predicted molar refractivity (Wildman–Crippen MR) is 144 cm³/mol. The zero-order valence-electron chi connectivity index (χ0n) is 21.8. The van der Waals surface area contributed by atoms with Crippen molar-refractivity contribution in [2.75, 3.05) is 6.61 Å². The highest BCUT2D eigenvalue weighted by Crippen LogP contribution is 2.29. The molecule has 0 aliphatic carbocycles. The number of benzene rings is 2. The third-order valence-corrected chi connectivity index (χ3v) is 14.5. The van der Waals surface area contributed by atoms with Gasteiger partial charge in [0, 0.05) is 6.07 Å². The summed E-state index contributed by atoms with van der Waals surface area (Å²) in [6.45, 7) is 18.1. The normalized spacial score (nSPS) is 13.4. The molecule has 9 heteroatoms. The van der Waals surface area contributed by atoms with Crippen LogP contribution < -0.4 is 4.74 Å². The van der Waals surface area contributed by atoms with Gasteiger partial charge >= 0.3 is 14.5 Å². The molecule has 0 saturated carbocycles. The maximum absolute atomic E-state index is 12.4. The number of phenols is 1. The van der Waals surface area contributed by atoms with E-state index in [-0.39, 0.29) is 23.8 Å². The largest absolute Gasteiger partial charge is 0.507 e. The molecule has 6 nitrogen and oxygen atoms in total. The SMILES string of the molecule is CC(COc1ccc(C(=O)OCc2ccccc2)c(O)c1)C[Si](C)(O[Si](C)(C)C)O[Si](C)(C)C. The molecule has 1 unspecified atom stereocenters. The average molecular weight is 521 g/mol. The summed E-state index contributed by atoms with van der Waals surface area (Å²) < 4.78 is 24.4. The lowest BCUT2D eigenvalue weighted by atomic mass is 10.2. The maximum Gasteiger partial charge on any atom is 0.342 e. The fourth-order valence-electron chi connectivity index (χ4n) is 3.90. The van der Waals surface area contributed by atoms with Crippen molar-refractivity contribution < 1.29 is 27.6 Å². The first-order chi connectivity index (χ1) is 15.7. The molecule has 0 heterocycles. The lowest BCUT2D eigenvalue weighted by molar-refractivity contribution is 0.0469. The van der Waals surface area contributed by atoms with E-state index >= 15 is 0 Å². The summed E-state index contributed by atoms with van der Waals surface area (Å²) in [5, 5.41) is 10.4. The Kier molecular flexibility index (Phi) is 9.72. The van der Waals surface area contributed by atoms with Crippen LogP contribution in [-0.2, 0) is 19.6 Å². The molecule has 0 bridgehead atoms. The number of esters is 1. The van der Waals surface area contributed by atoms with Crippen LogP contribution in [0.4, 0.5) is 0 Å². The number of phenolic OH excluding ortho intramolecular Hbond substituents is 1. The first kappa shape index (κ1) is 28.3. The van der Waals surface area contributed by atoms with Gasteiger partial charge in [0.05, 0.1) is 6.61 Å². The van der Waals surface area contributed by atoms with Crippen LogP contribution in [0.15, 0.2) is 48.5 Å². The van der Waals surface area contributed by atoms with E-state index in [4.69, 9.17) is 17.7 Å². The van der Waals surface area contributed by atoms with Gasteiger partial charge in [-0.3, -0.25) is 0 Å². The molecule has 188 valence electrons. The third-order valence-electron chi connectivity index (χ3n) is 4.70. The van der Waals surface area contributed by atoms with E-state index < -0.39 is 31.2 Å². The number of hydrogen-bond donors (Lipinski definition) is 1. The van der Waals surface area contributed by atoms with Crippen LogP contribution in [0.5, 0.6) is 11.5 Å². The van der Waals surface area contributed by atoms with E-state index in [1.165, 1.54) is 12.1 Å². The second-order valence-corrected chi connectivity index (χ2v) is 23.7. The second kappa shape index (κ2) is 11.7. The monoisotopic (exact) mass is 520 g/mol. The van der Waals surface area contributed by atoms with Crippen LogP contribution in [0.3, 0.4) is 0 Å². The minimum Gasteiger partial charge on any atom is -0.507 e. The topological polar surface area (TPSA) is 74.2 Å². The third kappa shape index (κ3) is 10.1. The van der Waals surface area contributed by atoms with Gasteiger partial charge in [-0.2, -0.15) is 0 Å². The van der Waals surface area contributed by atoms with Gasteiger partial charge in [0.1, 0.15) is 23.7 Å². The van der Waals surface area contributed by atoms with Crippen molar-refractivity contribution in [1.29, 1.82) is 0 Å². The highest BCUT2D eigenvalue weighted by Gasteiger charge is 2.41. The number of carbonyl (C=O) groups is 1. The first-order valence-electron chi connectivity index (χ1n) is 11.7. The molecule has 0 aromatic heterocycles. The zero-order chi connectivity index (χ0) is 25.6. The van der Waals surface area contributed by atoms with Crippen molar-refractivity contribution in [3.8, 4) is 11.5 Å². The number of hydrogen-bond acceptors (Lipinski definition) is 6. The molecular formula is C25H40O6Si3. The van der Waals surface area contributed by atoms with Gasteiger partial charge in [0.15, 0.2) is 16.6 Å². The minimum absolute atomic E-state index is 0.114. The highest BCUT2D eigenvalue weighted by atomic mass is 28.5. The Labute approximate surface area is 207 Å². The Morgan fingerprint density at radius 3 is 2.03 bits per heavy atom. The molecule has 0 aliphatic rings. The molecule has 0 radical (unpaired) electrons. The Hall–Kier alpha value is -1.92. The molecule has 2 aromatic carbocycles. The lowest BCUT2D eigenvalue weighted by Crippen LogP contribution is -2.53. The van der Waals surface area contributed by atoms with E-state index in [1.54, 1.807) is 6.07 Å². The Balaban J connectivity index is 1.96. The van der Waals surface area contributed by atoms with Crippen LogP contribution in [-0.4, -0.2) is 42.9 Å². The molecule has 1 atom stereocenters. The number of carbonyl (C=O) groups excluding carboxylic acids is 1. The lowest BCUT2D eigenvalue weighted by Gasteiger charge is -2.39. The highest BCUT2D eigenvalue weighted by molar-refractivity contribution is 6.87. The summed E-state index contributed by atoms with van der Waals surface area (Å²) >= 11 is 0. The molecular weight excluding hydrogens is 481 g/mol. The van der Waals surface area contributed by atoms with Crippen molar-refractivity contribution >= 4 is 31.2 Å². The smallest absolute Gasteiger partial charge is 0.342 e. The Morgan fingerprint density at radius 2 is 1.50 bits per heavy atom. The first-order valence-corrected chi connectivity index (χ1v) is 21.1. The molecule has 2 aromatic rings. The van der Waals surface area contributed by atoms with Crippen molar-refractivity contribution in [3.63, 3.8) is 0 Å². The zero-order valence-corrected chi connectivity index (χ0v) is 24.8. The summed E-state index contributed by atoms with van der Waals surface area (Å²) in [6, 6.07) is 14.9. The van der Waals surface area contributed by atoms with E-state index in [0.29, 0.717) is 12.4 Å². The van der Waals surface area contributed by atoms with Crippen LogP contribution in [0.2, 0.25) is 51.9 Å². The van der Waals surface area contributed by atoms with Crippen LogP contribution in [0.1, 0.15) is 22.8 Å². The fraction of sp³-hybridized carbons (Fsp3) is 0.480. The number of ether oxygens (including phenoxy) is 2.